The van der Waals surface area contributed by atoms with Gasteiger partial charge in [0.1, 0.15) is 0 Å². The van der Waals surface area contributed by atoms with Gasteiger partial charge in [-0.15, -0.1) is 0 Å². The van der Waals surface area contributed by atoms with Gasteiger partial charge in [-0.1, -0.05) is 30.3 Å². The summed E-state index contributed by atoms with van der Waals surface area (Å²) >= 11 is 0. The highest BCUT2D eigenvalue weighted by molar-refractivity contribution is 5.69. The van der Waals surface area contributed by atoms with Gasteiger partial charge in [0.05, 0.1) is 0 Å². The quantitative estimate of drug-likeness (QED) is 0.695. The molecule has 0 fully saturated rings. The van der Waals surface area contributed by atoms with Gasteiger partial charge in [0, 0.05) is 5.69 Å². The van der Waals surface area contributed by atoms with E-state index < -0.39 is 0 Å². The standard InChI is InChI=1S/C14H15N/c1-10-4-3-5-14(11(10)2)12-6-8-13(15)9-7-12/h3-9H,15H2,1-2H3. The third kappa shape index (κ3) is 1.86. The van der Waals surface area contributed by atoms with Crippen molar-refractivity contribution in [3.63, 3.8) is 0 Å². The average Bonchev–Trinajstić information content (AvgIpc) is 2.24. The normalized spacial score (nSPS) is 10.3. The molecule has 0 amide bonds. The van der Waals surface area contributed by atoms with Gasteiger partial charge in [-0.05, 0) is 48.2 Å². The van der Waals surface area contributed by atoms with Crippen LogP contribution < -0.4 is 5.73 Å². The Hall–Kier alpha value is -1.76. The van der Waals surface area contributed by atoms with Crippen LogP contribution in [0.3, 0.4) is 0 Å². The molecule has 0 aliphatic rings. The van der Waals surface area contributed by atoms with Crippen LogP contribution in [0.15, 0.2) is 42.5 Å². The SMILES string of the molecule is Cc1cccc(-c2ccc(N)cc2)c1C. The van der Waals surface area contributed by atoms with Crippen molar-refractivity contribution >= 4 is 5.69 Å². The smallest absolute Gasteiger partial charge is 0.0314 e. The zero-order valence-electron chi connectivity index (χ0n) is 9.12. The lowest BCUT2D eigenvalue weighted by atomic mass is 9.97. The van der Waals surface area contributed by atoms with E-state index in [1.54, 1.807) is 0 Å². The highest BCUT2D eigenvalue weighted by atomic mass is 14.5. The van der Waals surface area contributed by atoms with Gasteiger partial charge < -0.3 is 5.73 Å². The van der Waals surface area contributed by atoms with Crippen LogP contribution >= 0.6 is 0 Å². The second kappa shape index (κ2) is 3.77. The minimum absolute atomic E-state index is 0.809. The van der Waals surface area contributed by atoms with Crippen LogP contribution in [0.25, 0.3) is 11.1 Å². The van der Waals surface area contributed by atoms with Crippen molar-refractivity contribution in [3.8, 4) is 11.1 Å². The summed E-state index contributed by atoms with van der Waals surface area (Å²) in [5, 5.41) is 0. The van der Waals surface area contributed by atoms with E-state index in [4.69, 9.17) is 5.73 Å². The van der Waals surface area contributed by atoms with Crippen molar-refractivity contribution in [2.45, 2.75) is 13.8 Å². The van der Waals surface area contributed by atoms with Gasteiger partial charge >= 0.3 is 0 Å². The van der Waals surface area contributed by atoms with E-state index in [2.05, 4.69) is 44.2 Å². The van der Waals surface area contributed by atoms with E-state index in [1.165, 1.54) is 22.3 Å². The van der Waals surface area contributed by atoms with E-state index >= 15 is 0 Å². The Kier molecular flexibility index (Phi) is 2.46. The number of benzene rings is 2. The molecule has 0 spiro atoms. The average molecular weight is 197 g/mol. The van der Waals surface area contributed by atoms with Crippen molar-refractivity contribution in [3.05, 3.63) is 53.6 Å². The molecular weight excluding hydrogens is 182 g/mol. The van der Waals surface area contributed by atoms with Gasteiger partial charge in [-0.3, -0.25) is 0 Å². The van der Waals surface area contributed by atoms with Crippen LogP contribution in [0.4, 0.5) is 5.69 Å². The fourth-order valence-electron chi connectivity index (χ4n) is 1.73. The Labute approximate surface area is 90.6 Å². The van der Waals surface area contributed by atoms with Crippen molar-refractivity contribution in [2.24, 2.45) is 0 Å². The zero-order chi connectivity index (χ0) is 10.8. The molecule has 0 radical (unpaired) electrons. The molecule has 0 aliphatic heterocycles. The van der Waals surface area contributed by atoms with Crippen molar-refractivity contribution in [1.29, 1.82) is 0 Å². The van der Waals surface area contributed by atoms with Crippen molar-refractivity contribution < 1.29 is 0 Å². The summed E-state index contributed by atoms with van der Waals surface area (Å²) in [4.78, 5) is 0. The number of anilines is 1. The first-order chi connectivity index (χ1) is 7.18. The molecule has 76 valence electrons. The third-order valence-electron chi connectivity index (χ3n) is 2.83. The molecule has 15 heavy (non-hydrogen) atoms. The van der Waals surface area contributed by atoms with E-state index in [9.17, 15) is 0 Å². The molecule has 0 aromatic heterocycles. The predicted molar refractivity (Wildman–Crippen MR) is 65.8 cm³/mol. The molecule has 0 bridgehead atoms. The number of rotatable bonds is 1. The summed E-state index contributed by atoms with van der Waals surface area (Å²) in [6.45, 7) is 4.29. The van der Waals surface area contributed by atoms with E-state index in [-0.39, 0.29) is 0 Å². The Morgan fingerprint density at radius 2 is 1.53 bits per heavy atom. The lowest BCUT2D eigenvalue weighted by Crippen LogP contribution is -1.88. The van der Waals surface area contributed by atoms with E-state index in [0.29, 0.717) is 0 Å². The molecule has 2 aromatic carbocycles. The van der Waals surface area contributed by atoms with Crippen LogP contribution in [0.2, 0.25) is 0 Å². The van der Waals surface area contributed by atoms with Gasteiger partial charge in [-0.25, -0.2) is 0 Å². The zero-order valence-corrected chi connectivity index (χ0v) is 9.12. The fourth-order valence-corrected chi connectivity index (χ4v) is 1.73. The fraction of sp³-hybridized carbons (Fsp3) is 0.143. The number of aryl methyl sites for hydroxylation is 1. The topological polar surface area (TPSA) is 26.0 Å². The summed E-state index contributed by atoms with van der Waals surface area (Å²) < 4.78 is 0. The third-order valence-corrected chi connectivity index (χ3v) is 2.83. The van der Waals surface area contributed by atoms with Gasteiger partial charge in [0.2, 0.25) is 0 Å². The Morgan fingerprint density at radius 1 is 0.867 bits per heavy atom. The second-order valence-electron chi connectivity index (χ2n) is 3.87. The molecule has 2 aromatic rings. The number of hydrogen-bond donors (Lipinski definition) is 1. The summed E-state index contributed by atoms with van der Waals surface area (Å²) in [5.41, 5.74) is 11.7. The predicted octanol–water partition coefficient (Wildman–Crippen LogP) is 3.55. The van der Waals surface area contributed by atoms with Gasteiger partial charge in [-0.2, -0.15) is 0 Å². The first-order valence-electron chi connectivity index (χ1n) is 5.10. The number of nitrogen functional groups attached to an aromatic ring is 1. The van der Waals surface area contributed by atoms with Crippen LogP contribution in [0, 0.1) is 13.8 Å². The monoisotopic (exact) mass is 197 g/mol. The molecule has 2 N–H and O–H groups in total. The summed E-state index contributed by atoms with van der Waals surface area (Å²) in [7, 11) is 0. The molecule has 2 rings (SSSR count). The van der Waals surface area contributed by atoms with Crippen LogP contribution in [0.1, 0.15) is 11.1 Å². The Bertz CT molecular complexity index is 469. The molecule has 1 heteroatoms. The lowest BCUT2D eigenvalue weighted by Gasteiger charge is -2.08. The highest BCUT2D eigenvalue weighted by Crippen LogP contribution is 2.25. The molecule has 0 heterocycles. The van der Waals surface area contributed by atoms with Gasteiger partial charge in [0.15, 0.2) is 0 Å². The maximum absolute atomic E-state index is 5.67. The maximum atomic E-state index is 5.67. The summed E-state index contributed by atoms with van der Waals surface area (Å²) in [5.74, 6) is 0. The first-order valence-corrected chi connectivity index (χ1v) is 5.10. The molecule has 0 atom stereocenters. The van der Waals surface area contributed by atoms with Crippen molar-refractivity contribution in [1.82, 2.24) is 0 Å². The molecule has 1 nitrogen and oxygen atoms in total. The van der Waals surface area contributed by atoms with E-state index in [0.717, 1.165) is 5.69 Å². The molecule has 0 saturated heterocycles. The molecule has 0 unspecified atom stereocenters. The van der Waals surface area contributed by atoms with Crippen molar-refractivity contribution in [2.75, 3.05) is 5.73 Å². The molecular formula is C14H15N. The molecule has 0 aliphatic carbocycles. The minimum Gasteiger partial charge on any atom is -0.399 e. The number of hydrogen-bond acceptors (Lipinski definition) is 1. The second-order valence-corrected chi connectivity index (χ2v) is 3.87. The minimum atomic E-state index is 0.809. The Balaban J connectivity index is 2.54. The lowest BCUT2D eigenvalue weighted by molar-refractivity contribution is 1.34. The van der Waals surface area contributed by atoms with Gasteiger partial charge in [0.25, 0.3) is 0 Å². The Morgan fingerprint density at radius 3 is 2.20 bits per heavy atom. The largest absolute Gasteiger partial charge is 0.399 e. The molecule has 0 saturated carbocycles. The number of nitrogens with two attached hydrogens (primary N) is 1. The van der Waals surface area contributed by atoms with E-state index in [1.807, 2.05) is 12.1 Å². The first kappa shape index (κ1) is 9.78. The summed E-state index contributed by atoms with van der Waals surface area (Å²) in [6, 6.07) is 14.4. The van der Waals surface area contributed by atoms with Crippen LogP contribution in [-0.2, 0) is 0 Å². The maximum Gasteiger partial charge on any atom is 0.0314 e. The highest BCUT2D eigenvalue weighted by Gasteiger charge is 2.02. The van der Waals surface area contributed by atoms with Crippen LogP contribution in [-0.4, -0.2) is 0 Å². The van der Waals surface area contributed by atoms with Crippen LogP contribution in [0.5, 0.6) is 0 Å². The summed E-state index contributed by atoms with van der Waals surface area (Å²) in [6.07, 6.45) is 0.